The molecule has 1 amide bonds. The highest BCUT2D eigenvalue weighted by molar-refractivity contribution is 5.98. The number of hydrogen-bond acceptors (Lipinski definition) is 3. The van der Waals surface area contributed by atoms with Crippen LogP contribution in [-0.4, -0.2) is 29.0 Å². The van der Waals surface area contributed by atoms with Crippen LogP contribution in [0.2, 0.25) is 0 Å². The van der Waals surface area contributed by atoms with E-state index in [1.807, 2.05) is 30.3 Å². The van der Waals surface area contributed by atoms with Crippen molar-refractivity contribution < 1.29 is 4.79 Å². The lowest BCUT2D eigenvalue weighted by Crippen LogP contribution is -2.42. The highest BCUT2D eigenvalue weighted by Crippen LogP contribution is 2.28. The average molecular weight is 267 g/mol. The summed E-state index contributed by atoms with van der Waals surface area (Å²) in [6.07, 6.45) is 5.25. The number of amides is 1. The summed E-state index contributed by atoms with van der Waals surface area (Å²) >= 11 is 0. The third-order valence-electron chi connectivity index (χ3n) is 4.48. The van der Waals surface area contributed by atoms with Gasteiger partial charge in [0.05, 0.1) is 5.52 Å². The molecule has 20 heavy (non-hydrogen) atoms. The van der Waals surface area contributed by atoms with Gasteiger partial charge in [0.25, 0.3) is 5.91 Å². The number of carbonyl (C=O) groups is 1. The van der Waals surface area contributed by atoms with E-state index in [0.29, 0.717) is 17.6 Å². The molecule has 1 aromatic heterocycles. The lowest BCUT2D eigenvalue weighted by Gasteiger charge is -2.21. The van der Waals surface area contributed by atoms with Crippen LogP contribution >= 0.6 is 0 Å². The molecule has 3 heterocycles. The van der Waals surface area contributed by atoms with Gasteiger partial charge in [-0.1, -0.05) is 6.07 Å². The molecule has 0 aliphatic carbocycles. The summed E-state index contributed by atoms with van der Waals surface area (Å²) in [5.41, 5.74) is 1.64. The van der Waals surface area contributed by atoms with Gasteiger partial charge in [0.15, 0.2) is 0 Å². The van der Waals surface area contributed by atoms with Gasteiger partial charge in [0.1, 0.15) is 0 Å². The first-order valence-corrected chi connectivity index (χ1v) is 7.21. The highest BCUT2D eigenvalue weighted by atomic mass is 16.1. The molecule has 1 aromatic carbocycles. The minimum absolute atomic E-state index is 0.0232. The Morgan fingerprint density at radius 2 is 2.25 bits per heavy atom. The van der Waals surface area contributed by atoms with Crippen LogP contribution in [0.5, 0.6) is 0 Å². The normalized spacial score (nSPS) is 27.9. The fraction of sp³-hybridized carbons (Fsp3) is 0.375. The van der Waals surface area contributed by atoms with E-state index in [1.165, 1.54) is 12.8 Å². The molecule has 2 N–H and O–H groups in total. The molecule has 2 fully saturated rings. The number of nitrogens with zero attached hydrogens (tertiary/aromatic N) is 1. The Bertz CT molecular complexity index is 670. The van der Waals surface area contributed by atoms with Crippen LogP contribution in [0.1, 0.15) is 29.6 Å². The van der Waals surface area contributed by atoms with E-state index in [-0.39, 0.29) is 11.9 Å². The van der Waals surface area contributed by atoms with E-state index < -0.39 is 0 Å². The number of nitrogens with one attached hydrogen (secondary N) is 2. The molecule has 0 saturated carbocycles. The van der Waals surface area contributed by atoms with Crippen molar-refractivity contribution in [3.05, 3.63) is 42.1 Å². The molecule has 0 unspecified atom stereocenters. The van der Waals surface area contributed by atoms with Crippen LogP contribution in [0, 0.1) is 0 Å². The molecule has 4 nitrogen and oxygen atoms in total. The van der Waals surface area contributed by atoms with Gasteiger partial charge >= 0.3 is 0 Å². The minimum Gasteiger partial charge on any atom is -0.348 e. The molecular formula is C16H17N3O. The van der Waals surface area contributed by atoms with Crippen LogP contribution in [0.15, 0.2) is 36.5 Å². The second-order valence-electron chi connectivity index (χ2n) is 5.77. The van der Waals surface area contributed by atoms with Gasteiger partial charge in [-0.05, 0) is 43.5 Å². The molecule has 4 rings (SSSR count). The van der Waals surface area contributed by atoms with Crippen LogP contribution in [0.25, 0.3) is 10.9 Å². The number of fused-ring (bicyclic) bond motifs is 3. The van der Waals surface area contributed by atoms with Crippen molar-refractivity contribution in [2.24, 2.45) is 0 Å². The Balaban J connectivity index is 1.54. The zero-order valence-corrected chi connectivity index (χ0v) is 11.2. The number of hydrogen-bond donors (Lipinski definition) is 2. The molecule has 102 valence electrons. The number of aromatic nitrogens is 1. The second-order valence-corrected chi connectivity index (χ2v) is 5.77. The lowest BCUT2D eigenvalue weighted by molar-refractivity contribution is 0.0931. The van der Waals surface area contributed by atoms with E-state index in [4.69, 9.17) is 0 Å². The topological polar surface area (TPSA) is 54.0 Å². The fourth-order valence-electron chi connectivity index (χ4n) is 3.45. The number of benzene rings is 1. The molecule has 2 saturated heterocycles. The quantitative estimate of drug-likeness (QED) is 0.873. The van der Waals surface area contributed by atoms with E-state index in [1.54, 1.807) is 6.20 Å². The summed E-state index contributed by atoms with van der Waals surface area (Å²) in [6.45, 7) is 0. The third-order valence-corrected chi connectivity index (χ3v) is 4.48. The first-order chi connectivity index (χ1) is 9.79. The largest absolute Gasteiger partial charge is 0.348 e. The molecule has 2 bridgehead atoms. The molecule has 4 heteroatoms. The Hall–Kier alpha value is -1.94. The first-order valence-electron chi connectivity index (χ1n) is 7.21. The van der Waals surface area contributed by atoms with E-state index in [0.717, 1.165) is 17.3 Å². The summed E-state index contributed by atoms with van der Waals surface area (Å²) in [5.74, 6) is 0.0232. The summed E-state index contributed by atoms with van der Waals surface area (Å²) < 4.78 is 0. The van der Waals surface area contributed by atoms with Gasteiger partial charge in [-0.15, -0.1) is 0 Å². The molecule has 2 aromatic rings. The van der Waals surface area contributed by atoms with Crippen molar-refractivity contribution in [1.82, 2.24) is 15.6 Å². The molecular weight excluding hydrogens is 250 g/mol. The Labute approximate surface area is 117 Å². The monoisotopic (exact) mass is 267 g/mol. The van der Waals surface area contributed by atoms with Crippen molar-refractivity contribution in [2.45, 2.75) is 37.4 Å². The molecule has 2 aliphatic rings. The SMILES string of the molecule is O=C(N[C@@H]1C[C@H]2CC[C@@H]1N2)c1ccc2ncccc2c1. The maximum absolute atomic E-state index is 12.4. The van der Waals surface area contributed by atoms with Crippen LogP contribution < -0.4 is 10.6 Å². The molecule has 0 radical (unpaired) electrons. The smallest absolute Gasteiger partial charge is 0.251 e. The van der Waals surface area contributed by atoms with Crippen molar-refractivity contribution in [1.29, 1.82) is 0 Å². The van der Waals surface area contributed by atoms with E-state index >= 15 is 0 Å². The maximum Gasteiger partial charge on any atom is 0.251 e. The maximum atomic E-state index is 12.4. The minimum atomic E-state index is 0.0232. The van der Waals surface area contributed by atoms with Crippen molar-refractivity contribution in [3.63, 3.8) is 0 Å². The molecule has 0 spiro atoms. The fourth-order valence-corrected chi connectivity index (χ4v) is 3.45. The summed E-state index contributed by atoms with van der Waals surface area (Å²) in [7, 11) is 0. The first kappa shape index (κ1) is 11.9. The predicted octanol–water partition coefficient (Wildman–Crippen LogP) is 1.86. The van der Waals surface area contributed by atoms with Crippen LogP contribution in [0.3, 0.4) is 0 Å². The predicted molar refractivity (Wildman–Crippen MR) is 77.6 cm³/mol. The number of carbonyl (C=O) groups excluding carboxylic acids is 1. The Kier molecular flexibility index (Phi) is 2.70. The standard InChI is InChI=1S/C16H17N3O/c20-16(19-15-9-12-4-6-14(15)18-12)11-3-5-13-10(8-11)2-1-7-17-13/h1-3,5,7-8,12,14-15,18H,4,6,9H2,(H,19,20)/t12-,14+,15-/m1/s1. The highest BCUT2D eigenvalue weighted by Gasteiger charge is 2.39. The zero-order valence-electron chi connectivity index (χ0n) is 11.2. The average Bonchev–Trinajstić information content (AvgIpc) is 3.09. The zero-order chi connectivity index (χ0) is 13.5. The van der Waals surface area contributed by atoms with Gasteiger partial charge < -0.3 is 10.6 Å². The van der Waals surface area contributed by atoms with Gasteiger partial charge in [-0.3, -0.25) is 9.78 Å². The van der Waals surface area contributed by atoms with Gasteiger partial charge in [0.2, 0.25) is 0 Å². The van der Waals surface area contributed by atoms with Crippen LogP contribution in [-0.2, 0) is 0 Å². The summed E-state index contributed by atoms with van der Waals surface area (Å²) in [4.78, 5) is 16.6. The Morgan fingerprint density at radius 3 is 3.05 bits per heavy atom. The summed E-state index contributed by atoms with van der Waals surface area (Å²) in [6, 6.07) is 10.9. The van der Waals surface area contributed by atoms with E-state index in [9.17, 15) is 4.79 Å². The summed E-state index contributed by atoms with van der Waals surface area (Å²) in [5, 5.41) is 7.71. The van der Waals surface area contributed by atoms with Gasteiger partial charge in [0, 0.05) is 35.3 Å². The van der Waals surface area contributed by atoms with Crippen molar-refractivity contribution in [2.75, 3.05) is 0 Å². The third kappa shape index (κ3) is 1.96. The Morgan fingerprint density at radius 1 is 1.30 bits per heavy atom. The van der Waals surface area contributed by atoms with Crippen LogP contribution in [0.4, 0.5) is 0 Å². The van der Waals surface area contributed by atoms with Crippen molar-refractivity contribution in [3.8, 4) is 0 Å². The number of pyridine rings is 1. The van der Waals surface area contributed by atoms with Gasteiger partial charge in [-0.25, -0.2) is 0 Å². The van der Waals surface area contributed by atoms with Crippen molar-refractivity contribution >= 4 is 16.8 Å². The lowest BCUT2D eigenvalue weighted by atomic mass is 9.95. The molecule has 2 aliphatic heterocycles. The second kappa shape index (κ2) is 4.56. The number of rotatable bonds is 2. The van der Waals surface area contributed by atoms with Gasteiger partial charge in [-0.2, -0.15) is 0 Å². The van der Waals surface area contributed by atoms with E-state index in [2.05, 4.69) is 15.6 Å². The molecule has 3 atom stereocenters.